The van der Waals surface area contributed by atoms with E-state index in [9.17, 15) is 4.79 Å². The number of aromatic nitrogens is 2. The Morgan fingerprint density at radius 1 is 1.17 bits per heavy atom. The lowest BCUT2D eigenvalue weighted by molar-refractivity contribution is 0.0988. The molecule has 0 atom stereocenters. The van der Waals surface area contributed by atoms with E-state index in [1.807, 2.05) is 30.3 Å². The highest BCUT2D eigenvalue weighted by atomic mass is 16.2. The molecule has 1 aromatic heterocycles. The Morgan fingerprint density at radius 3 is 2.57 bits per heavy atom. The summed E-state index contributed by atoms with van der Waals surface area (Å²) in [6, 6.07) is 11.3. The smallest absolute Gasteiger partial charge is 0.276 e. The number of para-hydroxylation sites is 1. The summed E-state index contributed by atoms with van der Waals surface area (Å²) in [5.74, 6) is 1.29. The van der Waals surface area contributed by atoms with Gasteiger partial charge in [-0.3, -0.25) is 4.79 Å². The third kappa shape index (κ3) is 3.50. The van der Waals surface area contributed by atoms with Crippen molar-refractivity contribution in [1.29, 1.82) is 0 Å². The predicted octanol–water partition coefficient (Wildman–Crippen LogP) is 2.99. The molecule has 1 aliphatic heterocycles. The molecule has 1 amide bonds. The molecule has 2 heterocycles. The number of piperidine rings is 1. The molecule has 0 spiro atoms. The van der Waals surface area contributed by atoms with Gasteiger partial charge in [-0.1, -0.05) is 25.1 Å². The van der Waals surface area contributed by atoms with E-state index in [1.54, 1.807) is 24.2 Å². The van der Waals surface area contributed by atoms with E-state index in [0.717, 1.165) is 37.5 Å². The van der Waals surface area contributed by atoms with E-state index in [-0.39, 0.29) is 5.91 Å². The number of nitrogens with zero attached hydrogens (tertiary/aromatic N) is 4. The fourth-order valence-corrected chi connectivity index (χ4v) is 2.77. The van der Waals surface area contributed by atoms with Gasteiger partial charge in [0.15, 0.2) is 0 Å². The molecule has 0 aliphatic carbocycles. The first-order valence-corrected chi connectivity index (χ1v) is 8.06. The molecular weight excluding hydrogens is 288 g/mol. The highest BCUT2D eigenvalue weighted by Crippen LogP contribution is 2.20. The van der Waals surface area contributed by atoms with Crippen LogP contribution < -0.4 is 9.80 Å². The van der Waals surface area contributed by atoms with Crippen LogP contribution in [0.3, 0.4) is 0 Å². The molecule has 5 heteroatoms. The van der Waals surface area contributed by atoms with Gasteiger partial charge in [-0.05, 0) is 37.0 Å². The van der Waals surface area contributed by atoms with Crippen LogP contribution in [0.5, 0.6) is 0 Å². The molecule has 23 heavy (non-hydrogen) atoms. The lowest BCUT2D eigenvalue weighted by Gasteiger charge is -2.30. The van der Waals surface area contributed by atoms with Crippen molar-refractivity contribution in [1.82, 2.24) is 9.97 Å². The van der Waals surface area contributed by atoms with Gasteiger partial charge in [0.25, 0.3) is 5.91 Å². The molecule has 0 bridgehead atoms. The molecule has 1 aliphatic rings. The van der Waals surface area contributed by atoms with Crippen molar-refractivity contribution >= 4 is 17.5 Å². The first-order chi connectivity index (χ1) is 11.1. The van der Waals surface area contributed by atoms with Crippen LogP contribution in [0.1, 0.15) is 30.3 Å². The molecule has 1 fully saturated rings. The van der Waals surface area contributed by atoms with Gasteiger partial charge < -0.3 is 9.80 Å². The Hall–Kier alpha value is -2.43. The lowest BCUT2D eigenvalue weighted by atomic mass is 10.00. The van der Waals surface area contributed by atoms with E-state index in [0.29, 0.717) is 11.6 Å². The number of carbonyl (C=O) groups excluding carboxylic acids is 1. The maximum atomic E-state index is 12.6. The molecule has 2 aromatic rings. The number of anilines is 2. The fraction of sp³-hybridized carbons (Fsp3) is 0.389. The fourth-order valence-electron chi connectivity index (χ4n) is 2.77. The van der Waals surface area contributed by atoms with Gasteiger partial charge in [0.1, 0.15) is 5.69 Å². The maximum absolute atomic E-state index is 12.6. The van der Waals surface area contributed by atoms with Crippen molar-refractivity contribution in [3.8, 4) is 0 Å². The normalized spacial score (nSPS) is 15.5. The molecule has 3 rings (SSSR count). The Labute approximate surface area is 137 Å². The summed E-state index contributed by atoms with van der Waals surface area (Å²) in [6.07, 6.45) is 3.96. The monoisotopic (exact) mass is 310 g/mol. The van der Waals surface area contributed by atoms with Crippen molar-refractivity contribution in [3.05, 3.63) is 48.3 Å². The number of hydrogen-bond donors (Lipinski definition) is 0. The molecule has 1 saturated heterocycles. The predicted molar refractivity (Wildman–Crippen MR) is 91.8 cm³/mol. The Morgan fingerprint density at radius 2 is 1.87 bits per heavy atom. The van der Waals surface area contributed by atoms with E-state index < -0.39 is 0 Å². The summed E-state index contributed by atoms with van der Waals surface area (Å²) < 4.78 is 0. The van der Waals surface area contributed by atoms with Crippen molar-refractivity contribution < 1.29 is 4.79 Å². The van der Waals surface area contributed by atoms with Crippen LogP contribution >= 0.6 is 0 Å². The van der Waals surface area contributed by atoms with Crippen LogP contribution in [0.15, 0.2) is 42.6 Å². The van der Waals surface area contributed by atoms with Crippen LogP contribution in [0.2, 0.25) is 0 Å². The minimum atomic E-state index is -0.120. The first-order valence-electron chi connectivity index (χ1n) is 8.06. The molecule has 5 nitrogen and oxygen atoms in total. The third-order valence-corrected chi connectivity index (χ3v) is 4.38. The second kappa shape index (κ2) is 6.77. The van der Waals surface area contributed by atoms with Gasteiger partial charge in [-0.25, -0.2) is 9.97 Å². The van der Waals surface area contributed by atoms with Gasteiger partial charge in [0.05, 0.1) is 0 Å². The van der Waals surface area contributed by atoms with Crippen LogP contribution in [0.4, 0.5) is 11.6 Å². The van der Waals surface area contributed by atoms with Gasteiger partial charge >= 0.3 is 0 Å². The Bertz CT molecular complexity index is 666. The number of benzene rings is 1. The molecule has 0 saturated carbocycles. The highest BCUT2D eigenvalue weighted by molar-refractivity contribution is 6.04. The lowest BCUT2D eigenvalue weighted by Crippen LogP contribution is -2.35. The average molecular weight is 310 g/mol. The average Bonchev–Trinajstić information content (AvgIpc) is 2.62. The zero-order chi connectivity index (χ0) is 16.2. The Balaban J connectivity index is 1.78. The SMILES string of the molecule is CC1CCN(c2nccc(C(=O)N(C)c3ccccc3)n2)CC1. The van der Waals surface area contributed by atoms with Gasteiger partial charge in [0.2, 0.25) is 5.95 Å². The van der Waals surface area contributed by atoms with Gasteiger partial charge in [-0.2, -0.15) is 0 Å². The highest BCUT2D eigenvalue weighted by Gasteiger charge is 2.20. The van der Waals surface area contributed by atoms with Gasteiger partial charge in [0, 0.05) is 32.0 Å². The van der Waals surface area contributed by atoms with Crippen molar-refractivity contribution in [2.24, 2.45) is 5.92 Å². The van der Waals surface area contributed by atoms with Crippen molar-refractivity contribution in [3.63, 3.8) is 0 Å². The minimum absolute atomic E-state index is 0.120. The van der Waals surface area contributed by atoms with E-state index >= 15 is 0 Å². The molecule has 0 N–H and O–H groups in total. The molecule has 0 radical (unpaired) electrons. The summed E-state index contributed by atoms with van der Waals surface area (Å²) in [7, 11) is 1.77. The second-order valence-electron chi connectivity index (χ2n) is 6.11. The number of amides is 1. The summed E-state index contributed by atoms with van der Waals surface area (Å²) in [5, 5.41) is 0. The van der Waals surface area contributed by atoms with Crippen molar-refractivity contribution in [2.75, 3.05) is 29.9 Å². The van der Waals surface area contributed by atoms with Crippen LogP contribution in [-0.2, 0) is 0 Å². The second-order valence-corrected chi connectivity index (χ2v) is 6.11. The van der Waals surface area contributed by atoms with E-state index in [2.05, 4.69) is 21.8 Å². The molecular formula is C18H22N4O. The Kier molecular flexibility index (Phi) is 4.55. The summed E-state index contributed by atoms with van der Waals surface area (Å²) in [4.78, 5) is 25.3. The maximum Gasteiger partial charge on any atom is 0.276 e. The number of rotatable bonds is 3. The zero-order valence-electron chi connectivity index (χ0n) is 13.6. The molecule has 120 valence electrons. The van der Waals surface area contributed by atoms with E-state index in [1.165, 1.54) is 0 Å². The minimum Gasteiger partial charge on any atom is -0.341 e. The zero-order valence-corrected chi connectivity index (χ0v) is 13.6. The summed E-state index contributed by atoms with van der Waals surface area (Å²) in [6.45, 7) is 4.17. The summed E-state index contributed by atoms with van der Waals surface area (Å²) in [5.41, 5.74) is 1.28. The van der Waals surface area contributed by atoms with Crippen LogP contribution in [0.25, 0.3) is 0 Å². The standard InChI is InChI=1S/C18H22N4O/c1-14-9-12-22(13-10-14)18-19-11-8-16(20-18)17(23)21(2)15-6-4-3-5-7-15/h3-8,11,14H,9-10,12-13H2,1-2H3. The van der Waals surface area contributed by atoms with Crippen LogP contribution in [-0.4, -0.2) is 36.0 Å². The quantitative estimate of drug-likeness (QED) is 0.874. The third-order valence-electron chi connectivity index (χ3n) is 4.38. The molecule has 1 aromatic carbocycles. The summed E-state index contributed by atoms with van der Waals surface area (Å²) >= 11 is 0. The van der Waals surface area contributed by atoms with Crippen LogP contribution in [0, 0.1) is 5.92 Å². The van der Waals surface area contributed by atoms with Gasteiger partial charge in [-0.15, -0.1) is 0 Å². The van der Waals surface area contributed by atoms with E-state index in [4.69, 9.17) is 0 Å². The number of hydrogen-bond acceptors (Lipinski definition) is 4. The topological polar surface area (TPSA) is 49.3 Å². The molecule has 0 unspecified atom stereocenters. The van der Waals surface area contributed by atoms with Crippen molar-refractivity contribution in [2.45, 2.75) is 19.8 Å². The number of carbonyl (C=O) groups is 1. The first kappa shape index (κ1) is 15.5. The largest absolute Gasteiger partial charge is 0.341 e.